The van der Waals surface area contributed by atoms with E-state index in [1.807, 2.05) is 18.3 Å². The number of rotatable bonds is 3. The molecule has 0 atom stereocenters. The van der Waals surface area contributed by atoms with Crippen LogP contribution in [0.15, 0.2) is 36.5 Å². The average molecular weight is 214 g/mol. The highest BCUT2D eigenvalue weighted by Gasteiger charge is 2.17. The Kier molecular flexibility index (Phi) is 2.56. The summed E-state index contributed by atoms with van der Waals surface area (Å²) in [5.74, 6) is 0. The van der Waals surface area contributed by atoms with Gasteiger partial charge < -0.3 is 10.1 Å². The van der Waals surface area contributed by atoms with E-state index in [2.05, 4.69) is 28.5 Å². The molecule has 0 bridgehead atoms. The van der Waals surface area contributed by atoms with Crippen LogP contribution in [0, 0.1) is 0 Å². The van der Waals surface area contributed by atoms with E-state index in [9.17, 15) is 0 Å². The van der Waals surface area contributed by atoms with Gasteiger partial charge in [-0.2, -0.15) is 0 Å². The lowest BCUT2D eigenvalue weighted by Crippen LogP contribution is -2.45. The minimum atomic E-state index is 0.520. The van der Waals surface area contributed by atoms with Gasteiger partial charge in [0, 0.05) is 18.1 Å². The maximum Gasteiger partial charge on any atom is 0.0705 e. The molecule has 0 aliphatic carbocycles. The summed E-state index contributed by atoms with van der Waals surface area (Å²) in [6, 6.07) is 10.8. The van der Waals surface area contributed by atoms with Crippen molar-refractivity contribution < 1.29 is 4.74 Å². The third-order valence-corrected chi connectivity index (χ3v) is 2.96. The van der Waals surface area contributed by atoms with Crippen molar-refractivity contribution in [1.29, 1.82) is 0 Å². The Morgan fingerprint density at radius 3 is 2.94 bits per heavy atom. The normalized spacial score (nSPS) is 16.2. The number of pyridine rings is 1. The van der Waals surface area contributed by atoms with Gasteiger partial charge in [0.25, 0.3) is 0 Å². The van der Waals surface area contributed by atoms with E-state index in [1.165, 1.54) is 10.9 Å². The summed E-state index contributed by atoms with van der Waals surface area (Å²) in [5.41, 5.74) is 2.36. The second-order valence-corrected chi connectivity index (χ2v) is 4.10. The predicted octanol–water partition coefficient (Wildman–Crippen LogP) is 1.72. The number of hydrogen-bond donors (Lipinski definition) is 1. The number of nitrogens with one attached hydrogen (secondary N) is 1. The zero-order valence-electron chi connectivity index (χ0n) is 9.02. The van der Waals surface area contributed by atoms with E-state index in [0.29, 0.717) is 6.04 Å². The van der Waals surface area contributed by atoms with Crippen molar-refractivity contribution >= 4 is 10.9 Å². The first-order valence-corrected chi connectivity index (χ1v) is 5.57. The van der Waals surface area contributed by atoms with Crippen molar-refractivity contribution in [3.63, 3.8) is 0 Å². The van der Waals surface area contributed by atoms with E-state index in [4.69, 9.17) is 4.74 Å². The van der Waals surface area contributed by atoms with Crippen LogP contribution >= 0.6 is 0 Å². The summed E-state index contributed by atoms with van der Waals surface area (Å²) in [6.45, 7) is 2.56. The average Bonchev–Trinajstić information content (AvgIpc) is 2.27. The minimum Gasteiger partial charge on any atom is -0.378 e. The molecule has 0 amide bonds. The van der Waals surface area contributed by atoms with Crippen molar-refractivity contribution in [3.8, 4) is 0 Å². The standard InChI is InChI=1S/C13H14N2O/c1-2-4-13-12(3-1)10(5-6-14-13)7-15-11-8-16-9-11/h1-6,11,15H,7-9H2. The van der Waals surface area contributed by atoms with Crippen molar-refractivity contribution in [2.75, 3.05) is 13.2 Å². The van der Waals surface area contributed by atoms with Crippen LogP contribution in [0.2, 0.25) is 0 Å². The van der Waals surface area contributed by atoms with Crippen molar-refractivity contribution in [1.82, 2.24) is 10.3 Å². The molecule has 2 heterocycles. The van der Waals surface area contributed by atoms with E-state index >= 15 is 0 Å². The highest BCUT2D eigenvalue weighted by Crippen LogP contribution is 2.16. The van der Waals surface area contributed by atoms with Gasteiger partial charge in [0.1, 0.15) is 0 Å². The SMILES string of the molecule is c1ccc2c(CNC3COC3)ccnc2c1. The lowest BCUT2D eigenvalue weighted by Gasteiger charge is -2.27. The predicted molar refractivity (Wildman–Crippen MR) is 63.2 cm³/mol. The molecular weight excluding hydrogens is 200 g/mol. The summed E-state index contributed by atoms with van der Waals surface area (Å²) >= 11 is 0. The van der Waals surface area contributed by atoms with Crippen LogP contribution in [0.3, 0.4) is 0 Å². The van der Waals surface area contributed by atoms with Crippen LogP contribution in [0.1, 0.15) is 5.56 Å². The number of hydrogen-bond acceptors (Lipinski definition) is 3. The van der Waals surface area contributed by atoms with Gasteiger partial charge in [-0.25, -0.2) is 0 Å². The van der Waals surface area contributed by atoms with Crippen molar-refractivity contribution in [2.45, 2.75) is 12.6 Å². The topological polar surface area (TPSA) is 34.1 Å². The number of nitrogens with zero attached hydrogens (tertiary/aromatic N) is 1. The maximum absolute atomic E-state index is 5.14. The van der Waals surface area contributed by atoms with E-state index < -0.39 is 0 Å². The van der Waals surface area contributed by atoms with Gasteiger partial charge in [-0.1, -0.05) is 18.2 Å². The summed E-state index contributed by atoms with van der Waals surface area (Å²) in [7, 11) is 0. The van der Waals surface area contributed by atoms with Gasteiger partial charge in [0.15, 0.2) is 0 Å². The van der Waals surface area contributed by atoms with Gasteiger partial charge in [-0.15, -0.1) is 0 Å². The molecule has 1 fully saturated rings. The van der Waals surface area contributed by atoms with Gasteiger partial charge in [-0.3, -0.25) is 4.98 Å². The molecule has 82 valence electrons. The van der Waals surface area contributed by atoms with Gasteiger partial charge in [0.2, 0.25) is 0 Å². The monoisotopic (exact) mass is 214 g/mol. The third-order valence-electron chi connectivity index (χ3n) is 2.96. The highest BCUT2D eigenvalue weighted by atomic mass is 16.5. The van der Waals surface area contributed by atoms with Crippen LogP contribution in [0.25, 0.3) is 10.9 Å². The molecule has 1 aliphatic rings. The molecule has 1 N–H and O–H groups in total. The lowest BCUT2D eigenvalue weighted by atomic mass is 10.1. The third kappa shape index (κ3) is 1.79. The molecule has 3 nitrogen and oxygen atoms in total. The molecule has 0 saturated carbocycles. The molecule has 1 saturated heterocycles. The quantitative estimate of drug-likeness (QED) is 0.844. The Morgan fingerprint density at radius 1 is 1.25 bits per heavy atom. The fourth-order valence-corrected chi connectivity index (χ4v) is 1.92. The van der Waals surface area contributed by atoms with Crippen molar-refractivity contribution in [2.24, 2.45) is 0 Å². The van der Waals surface area contributed by atoms with Gasteiger partial charge >= 0.3 is 0 Å². The summed E-state index contributed by atoms with van der Waals surface area (Å²) in [5, 5.41) is 4.71. The van der Waals surface area contributed by atoms with Gasteiger partial charge in [0.05, 0.1) is 24.8 Å². The van der Waals surface area contributed by atoms with Crippen molar-refractivity contribution in [3.05, 3.63) is 42.1 Å². The van der Waals surface area contributed by atoms with Gasteiger partial charge in [-0.05, 0) is 17.7 Å². The molecule has 1 aromatic carbocycles. The summed E-state index contributed by atoms with van der Waals surface area (Å²) < 4.78 is 5.14. The Bertz CT molecular complexity index is 489. The molecule has 1 aromatic heterocycles. The molecule has 16 heavy (non-hydrogen) atoms. The maximum atomic E-state index is 5.14. The largest absolute Gasteiger partial charge is 0.378 e. The smallest absolute Gasteiger partial charge is 0.0705 e. The Balaban J connectivity index is 1.84. The second kappa shape index (κ2) is 4.20. The molecule has 3 rings (SSSR count). The summed E-state index contributed by atoms with van der Waals surface area (Å²) in [4.78, 5) is 4.35. The number of benzene rings is 1. The Morgan fingerprint density at radius 2 is 2.12 bits per heavy atom. The van der Waals surface area contributed by atoms with E-state index in [1.54, 1.807) is 0 Å². The Hall–Kier alpha value is -1.45. The zero-order valence-corrected chi connectivity index (χ0v) is 9.02. The number of aromatic nitrogens is 1. The Labute approximate surface area is 94.5 Å². The molecule has 0 unspecified atom stereocenters. The number of para-hydroxylation sites is 1. The second-order valence-electron chi connectivity index (χ2n) is 4.10. The van der Waals surface area contributed by atoms with Crippen LogP contribution < -0.4 is 5.32 Å². The van der Waals surface area contributed by atoms with Crippen LogP contribution in [-0.2, 0) is 11.3 Å². The van der Waals surface area contributed by atoms with E-state index in [0.717, 1.165) is 25.3 Å². The molecule has 0 radical (unpaired) electrons. The molecular formula is C13H14N2O. The van der Waals surface area contributed by atoms with Crippen LogP contribution in [0.5, 0.6) is 0 Å². The van der Waals surface area contributed by atoms with Crippen LogP contribution in [-0.4, -0.2) is 24.2 Å². The first kappa shape index (κ1) is 9.75. The first-order valence-electron chi connectivity index (χ1n) is 5.57. The molecule has 0 spiro atoms. The summed E-state index contributed by atoms with van der Waals surface area (Å²) in [6.07, 6.45) is 1.87. The molecule has 2 aromatic rings. The fraction of sp³-hybridized carbons (Fsp3) is 0.308. The zero-order chi connectivity index (χ0) is 10.8. The number of ether oxygens (including phenoxy) is 1. The fourth-order valence-electron chi connectivity index (χ4n) is 1.92. The minimum absolute atomic E-state index is 0.520. The van der Waals surface area contributed by atoms with E-state index in [-0.39, 0.29) is 0 Å². The highest BCUT2D eigenvalue weighted by molar-refractivity contribution is 5.81. The molecule has 1 aliphatic heterocycles. The molecule has 3 heteroatoms. The lowest BCUT2D eigenvalue weighted by molar-refractivity contribution is -0.00574. The van der Waals surface area contributed by atoms with Crippen LogP contribution in [0.4, 0.5) is 0 Å². The first-order chi connectivity index (χ1) is 7.93. The number of fused-ring (bicyclic) bond motifs is 1.